The zero-order valence-electron chi connectivity index (χ0n) is 14.4. The maximum Gasteiger partial charge on any atom is 0.254 e. The fourth-order valence-corrected chi connectivity index (χ4v) is 4.56. The second-order valence-corrected chi connectivity index (χ2v) is 8.66. The third-order valence-corrected chi connectivity index (χ3v) is 5.69. The van der Waals surface area contributed by atoms with Gasteiger partial charge in [-0.2, -0.15) is 0 Å². The minimum absolute atomic E-state index is 0.0173. The number of ether oxygens (including phenoxy) is 1. The summed E-state index contributed by atoms with van der Waals surface area (Å²) in [6.45, 7) is 5.59. The molecular weight excluding hydrogens is 328 g/mol. The molecule has 0 saturated carbocycles. The average molecular weight is 352 g/mol. The first-order chi connectivity index (χ1) is 11.3. The van der Waals surface area contributed by atoms with Crippen molar-refractivity contribution in [3.8, 4) is 0 Å². The van der Waals surface area contributed by atoms with Crippen LogP contribution in [0.2, 0.25) is 0 Å². The largest absolute Gasteiger partial charge is 0.372 e. The molecule has 1 saturated heterocycles. The zero-order chi connectivity index (χ0) is 17.5. The Morgan fingerprint density at radius 3 is 2.50 bits per heavy atom. The molecular formula is C17H24N2O4S. The van der Waals surface area contributed by atoms with E-state index in [4.69, 9.17) is 4.74 Å². The minimum atomic E-state index is -3.29. The highest BCUT2D eigenvalue weighted by Crippen LogP contribution is 2.30. The number of carbonyl (C=O) groups excluding carboxylic acids is 1. The highest BCUT2D eigenvalue weighted by molar-refractivity contribution is 7.92. The van der Waals surface area contributed by atoms with Crippen LogP contribution in [0.4, 0.5) is 5.69 Å². The average Bonchev–Trinajstić information content (AvgIpc) is 2.51. The molecule has 0 radical (unpaired) electrons. The van der Waals surface area contributed by atoms with Crippen molar-refractivity contribution in [3.05, 3.63) is 29.3 Å². The first kappa shape index (κ1) is 17.2. The van der Waals surface area contributed by atoms with Gasteiger partial charge in [-0.15, -0.1) is 0 Å². The van der Waals surface area contributed by atoms with Crippen LogP contribution in [0.3, 0.4) is 0 Å². The molecule has 1 fully saturated rings. The van der Waals surface area contributed by atoms with Gasteiger partial charge in [0.15, 0.2) is 0 Å². The molecule has 7 heteroatoms. The fraction of sp³-hybridized carbons (Fsp3) is 0.588. The number of sulfonamides is 1. The lowest BCUT2D eigenvalue weighted by Crippen LogP contribution is -2.48. The van der Waals surface area contributed by atoms with Gasteiger partial charge in [0.05, 0.1) is 24.2 Å². The van der Waals surface area contributed by atoms with E-state index in [2.05, 4.69) is 0 Å². The molecule has 132 valence electrons. The summed E-state index contributed by atoms with van der Waals surface area (Å²) in [6.07, 6.45) is 2.83. The third kappa shape index (κ3) is 3.42. The molecule has 0 N–H and O–H groups in total. The van der Waals surface area contributed by atoms with Crippen molar-refractivity contribution in [1.82, 2.24) is 4.90 Å². The van der Waals surface area contributed by atoms with Crippen LogP contribution in [-0.4, -0.2) is 57.3 Å². The lowest BCUT2D eigenvalue weighted by Gasteiger charge is -2.35. The molecule has 0 aliphatic carbocycles. The van der Waals surface area contributed by atoms with Gasteiger partial charge in [0.1, 0.15) is 0 Å². The number of benzene rings is 1. The van der Waals surface area contributed by atoms with Gasteiger partial charge in [0.25, 0.3) is 5.91 Å². The van der Waals surface area contributed by atoms with E-state index in [1.54, 1.807) is 12.1 Å². The van der Waals surface area contributed by atoms with Crippen molar-refractivity contribution in [3.63, 3.8) is 0 Å². The lowest BCUT2D eigenvalue weighted by atomic mass is 10.00. The summed E-state index contributed by atoms with van der Waals surface area (Å²) in [4.78, 5) is 14.6. The van der Waals surface area contributed by atoms with Crippen LogP contribution in [0.25, 0.3) is 0 Å². The number of aryl methyl sites for hydroxylation is 1. The molecule has 0 bridgehead atoms. The van der Waals surface area contributed by atoms with Gasteiger partial charge in [0, 0.05) is 25.2 Å². The molecule has 1 aromatic carbocycles. The summed E-state index contributed by atoms with van der Waals surface area (Å²) in [7, 11) is -3.29. The molecule has 1 aromatic rings. The van der Waals surface area contributed by atoms with Crippen molar-refractivity contribution in [2.24, 2.45) is 0 Å². The number of carbonyl (C=O) groups is 1. The molecule has 0 aromatic heterocycles. The molecule has 2 heterocycles. The molecule has 2 aliphatic heterocycles. The predicted molar refractivity (Wildman–Crippen MR) is 92.9 cm³/mol. The summed E-state index contributed by atoms with van der Waals surface area (Å²) in [5.74, 6) is -0.0173. The zero-order valence-corrected chi connectivity index (χ0v) is 15.2. The Balaban J connectivity index is 1.87. The van der Waals surface area contributed by atoms with Crippen LogP contribution in [0.5, 0.6) is 0 Å². The standard InChI is InChI=1S/C17H24N2O4S/c1-12-10-18(11-13(2)23-12)17(20)15-6-7-16-14(9-15)5-4-8-19(16)24(3,21)22/h6-7,9,12-13H,4-5,8,10-11H2,1-3H3. The Morgan fingerprint density at radius 1 is 1.21 bits per heavy atom. The molecule has 2 atom stereocenters. The number of fused-ring (bicyclic) bond motifs is 1. The van der Waals surface area contributed by atoms with Crippen molar-refractivity contribution in [1.29, 1.82) is 0 Å². The lowest BCUT2D eigenvalue weighted by molar-refractivity contribution is -0.0586. The summed E-state index contributed by atoms with van der Waals surface area (Å²) in [5, 5.41) is 0. The van der Waals surface area contributed by atoms with Crippen LogP contribution >= 0.6 is 0 Å². The number of nitrogens with zero attached hydrogens (tertiary/aromatic N) is 2. The minimum Gasteiger partial charge on any atom is -0.372 e. The summed E-state index contributed by atoms with van der Waals surface area (Å²) in [6, 6.07) is 5.34. The van der Waals surface area contributed by atoms with Crippen LogP contribution in [0.1, 0.15) is 36.2 Å². The Morgan fingerprint density at radius 2 is 1.88 bits per heavy atom. The van der Waals surface area contributed by atoms with Gasteiger partial charge in [0.2, 0.25) is 10.0 Å². The number of hydrogen-bond donors (Lipinski definition) is 0. The van der Waals surface area contributed by atoms with Crippen LogP contribution in [-0.2, 0) is 21.2 Å². The first-order valence-corrected chi connectivity index (χ1v) is 10.2. The van der Waals surface area contributed by atoms with Crippen LogP contribution in [0, 0.1) is 0 Å². The Hall–Kier alpha value is -1.60. The quantitative estimate of drug-likeness (QED) is 0.812. The molecule has 6 nitrogen and oxygen atoms in total. The van der Waals surface area contributed by atoms with Gasteiger partial charge in [-0.1, -0.05) is 0 Å². The summed E-state index contributed by atoms with van der Waals surface area (Å²) in [5.41, 5.74) is 2.24. The monoisotopic (exact) mass is 352 g/mol. The van der Waals surface area contributed by atoms with E-state index >= 15 is 0 Å². The topological polar surface area (TPSA) is 66.9 Å². The van der Waals surface area contributed by atoms with E-state index < -0.39 is 10.0 Å². The van der Waals surface area contributed by atoms with Gasteiger partial charge >= 0.3 is 0 Å². The highest BCUT2D eigenvalue weighted by atomic mass is 32.2. The maximum absolute atomic E-state index is 12.8. The van der Waals surface area contributed by atoms with E-state index in [9.17, 15) is 13.2 Å². The molecule has 0 spiro atoms. The number of amides is 1. The predicted octanol–water partition coefficient (Wildman–Crippen LogP) is 1.65. The summed E-state index contributed by atoms with van der Waals surface area (Å²) >= 11 is 0. The normalized spacial score (nSPS) is 24.6. The van der Waals surface area contributed by atoms with Crippen molar-refractivity contribution in [2.45, 2.75) is 38.9 Å². The molecule has 1 amide bonds. The highest BCUT2D eigenvalue weighted by Gasteiger charge is 2.28. The van der Waals surface area contributed by atoms with E-state index in [1.807, 2.05) is 24.8 Å². The maximum atomic E-state index is 12.8. The van der Waals surface area contributed by atoms with Gasteiger partial charge in [-0.3, -0.25) is 9.10 Å². The van der Waals surface area contributed by atoms with Gasteiger partial charge < -0.3 is 9.64 Å². The number of anilines is 1. The fourth-order valence-electron chi connectivity index (χ4n) is 3.57. The Bertz CT molecular complexity index is 737. The molecule has 2 unspecified atom stereocenters. The van der Waals surface area contributed by atoms with Crippen molar-refractivity contribution >= 4 is 21.6 Å². The second kappa shape index (κ2) is 6.37. The first-order valence-electron chi connectivity index (χ1n) is 8.31. The SMILES string of the molecule is CC1CN(C(=O)c2ccc3c(c2)CCCN3S(C)(=O)=O)CC(C)O1. The third-order valence-electron chi connectivity index (χ3n) is 4.51. The van der Waals surface area contributed by atoms with E-state index in [0.29, 0.717) is 30.9 Å². The van der Waals surface area contributed by atoms with Crippen LogP contribution < -0.4 is 4.31 Å². The second-order valence-electron chi connectivity index (χ2n) is 6.75. The van der Waals surface area contributed by atoms with E-state index in [1.165, 1.54) is 10.6 Å². The molecule has 24 heavy (non-hydrogen) atoms. The summed E-state index contributed by atoms with van der Waals surface area (Å²) < 4.78 is 31.0. The van der Waals surface area contributed by atoms with Gasteiger partial charge in [-0.25, -0.2) is 8.42 Å². The Labute approximate surface area is 143 Å². The Kier molecular flexibility index (Phi) is 4.57. The number of morpholine rings is 1. The van der Waals surface area contributed by atoms with Crippen molar-refractivity contribution < 1.29 is 17.9 Å². The van der Waals surface area contributed by atoms with Crippen LogP contribution in [0.15, 0.2) is 18.2 Å². The molecule has 3 rings (SSSR count). The van der Waals surface area contributed by atoms with Gasteiger partial charge in [-0.05, 0) is 50.5 Å². The van der Waals surface area contributed by atoms with E-state index in [-0.39, 0.29) is 18.1 Å². The number of hydrogen-bond acceptors (Lipinski definition) is 4. The number of rotatable bonds is 2. The van der Waals surface area contributed by atoms with E-state index in [0.717, 1.165) is 18.4 Å². The van der Waals surface area contributed by atoms with Crippen molar-refractivity contribution in [2.75, 3.05) is 30.2 Å². The smallest absolute Gasteiger partial charge is 0.254 e. The molecule has 2 aliphatic rings.